The lowest BCUT2D eigenvalue weighted by Crippen LogP contribution is -2.38. The van der Waals surface area contributed by atoms with Gasteiger partial charge in [-0.05, 0) is 61.1 Å². The first-order valence-corrected chi connectivity index (χ1v) is 10.3. The Morgan fingerprint density at radius 1 is 1.08 bits per heavy atom. The van der Waals surface area contributed by atoms with Gasteiger partial charge in [0, 0.05) is 6.04 Å². The first-order chi connectivity index (χ1) is 12.4. The summed E-state index contributed by atoms with van der Waals surface area (Å²) in [5.74, 6) is 0. The van der Waals surface area contributed by atoms with Gasteiger partial charge in [0.2, 0.25) is 10.0 Å². The summed E-state index contributed by atoms with van der Waals surface area (Å²) >= 11 is 0. The van der Waals surface area contributed by atoms with Gasteiger partial charge in [0.25, 0.3) is 0 Å². The average molecular weight is 366 g/mol. The van der Waals surface area contributed by atoms with E-state index in [1.807, 2.05) is 42.5 Å². The third-order valence-corrected chi connectivity index (χ3v) is 6.52. The molecule has 26 heavy (non-hydrogen) atoms. The van der Waals surface area contributed by atoms with Gasteiger partial charge in [-0.2, -0.15) is 5.26 Å². The van der Waals surface area contributed by atoms with Crippen LogP contribution >= 0.6 is 0 Å². The van der Waals surface area contributed by atoms with Crippen LogP contribution in [0.25, 0.3) is 16.7 Å². The van der Waals surface area contributed by atoms with Crippen molar-refractivity contribution >= 4 is 15.6 Å². The quantitative estimate of drug-likeness (QED) is 0.866. The highest BCUT2D eigenvalue weighted by molar-refractivity contribution is 7.90. The van der Waals surface area contributed by atoms with Crippen LogP contribution in [-0.4, -0.2) is 19.7 Å². The number of rotatable bonds is 5. The van der Waals surface area contributed by atoms with Gasteiger partial charge >= 0.3 is 0 Å². The molecule has 0 heterocycles. The van der Waals surface area contributed by atoms with Gasteiger partial charge in [0.15, 0.2) is 0 Å². The van der Waals surface area contributed by atoms with Crippen LogP contribution in [0.3, 0.4) is 0 Å². The minimum absolute atomic E-state index is 0.171. The molecule has 0 aromatic heterocycles. The second-order valence-electron chi connectivity index (χ2n) is 6.77. The summed E-state index contributed by atoms with van der Waals surface area (Å²) in [6.07, 6.45) is 3.76. The van der Waals surface area contributed by atoms with Gasteiger partial charge in [-0.25, -0.2) is 13.1 Å². The van der Waals surface area contributed by atoms with Gasteiger partial charge in [0.05, 0.1) is 16.9 Å². The highest BCUT2D eigenvalue weighted by Crippen LogP contribution is 2.31. The van der Waals surface area contributed by atoms with E-state index in [4.69, 9.17) is 5.26 Å². The topological polar surface area (TPSA) is 70.0 Å². The van der Waals surface area contributed by atoms with Crippen LogP contribution < -0.4 is 4.72 Å². The molecule has 1 aliphatic rings. The van der Waals surface area contributed by atoms with Crippen molar-refractivity contribution in [3.8, 4) is 17.2 Å². The van der Waals surface area contributed by atoms with Crippen molar-refractivity contribution in [3.63, 3.8) is 0 Å². The van der Waals surface area contributed by atoms with E-state index in [1.165, 1.54) is 0 Å². The first-order valence-electron chi connectivity index (χ1n) is 8.73. The molecule has 2 aromatic rings. The molecule has 1 unspecified atom stereocenters. The Morgan fingerprint density at radius 2 is 1.77 bits per heavy atom. The number of nitrogens with zero attached hydrogens (tertiary/aromatic N) is 1. The molecule has 1 atom stereocenters. The van der Waals surface area contributed by atoms with Gasteiger partial charge < -0.3 is 0 Å². The third-order valence-electron chi connectivity index (χ3n) is 4.67. The molecule has 0 amide bonds. The fourth-order valence-electron chi connectivity index (χ4n) is 3.10. The van der Waals surface area contributed by atoms with E-state index in [9.17, 15) is 8.42 Å². The molecule has 0 fully saturated rings. The fraction of sp³-hybridized carbons (Fsp3) is 0.286. The van der Waals surface area contributed by atoms with Crippen LogP contribution in [0.1, 0.15) is 37.8 Å². The third kappa shape index (κ3) is 3.87. The Bertz CT molecular complexity index is 968. The summed E-state index contributed by atoms with van der Waals surface area (Å²) in [4.78, 5) is 0. The number of nitrogens with one attached hydrogen (secondary N) is 1. The Hall–Kier alpha value is -2.42. The zero-order chi connectivity index (χ0) is 18.7. The van der Waals surface area contributed by atoms with E-state index in [0.717, 1.165) is 35.1 Å². The van der Waals surface area contributed by atoms with Crippen molar-refractivity contribution in [1.29, 1.82) is 5.26 Å². The Balaban J connectivity index is 1.83. The van der Waals surface area contributed by atoms with Crippen LogP contribution in [0.15, 0.2) is 54.6 Å². The highest BCUT2D eigenvalue weighted by Gasteiger charge is 2.27. The molecule has 4 nitrogen and oxygen atoms in total. The molecule has 2 aromatic carbocycles. The van der Waals surface area contributed by atoms with E-state index < -0.39 is 15.3 Å². The lowest BCUT2D eigenvalue weighted by molar-refractivity contribution is 0.561. The second kappa shape index (κ2) is 7.45. The van der Waals surface area contributed by atoms with Gasteiger partial charge in [-0.3, -0.25) is 0 Å². The normalized spacial score (nSPS) is 17.2. The number of benzene rings is 2. The van der Waals surface area contributed by atoms with Crippen molar-refractivity contribution in [2.75, 3.05) is 0 Å². The summed E-state index contributed by atoms with van der Waals surface area (Å²) in [5.41, 5.74) is 4.72. The van der Waals surface area contributed by atoms with Crippen LogP contribution in [-0.2, 0) is 10.0 Å². The van der Waals surface area contributed by atoms with Crippen molar-refractivity contribution in [2.24, 2.45) is 0 Å². The standard InChI is InChI=1S/C21H22N2O2S/c1-15(2)26(24,25)23-21-8-4-7-20(21)18-11-9-17(10-12-18)19-6-3-5-16(13-19)14-22/h3,5-7,9-13,15,21,23H,4,8H2,1-2H3. The molecule has 134 valence electrons. The van der Waals surface area contributed by atoms with E-state index >= 15 is 0 Å². The molecule has 1 N–H and O–H groups in total. The molecule has 5 heteroatoms. The summed E-state index contributed by atoms with van der Waals surface area (Å²) in [7, 11) is -3.30. The minimum atomic E-state index is -3.30. The SMILES string of the molecule is CC(C)S(=O)(=O)NC1CCC=C1c1ccc(-c2cccc(C#N)c2)cc1. The molecule has 0 aliphatic heterocycles. The number of nitriles is 1. The zero-order valence-corrected chi connectivity index (χ0v) is 15.8. The molecule has 3 rings (SSSR count). The largest absolute Gasteiger partial charge is 0.214 e. The summed E-state index contributed by atoms with van der Waals surface area (Å²) in [6, 6.07) is 17.5. The smallest absolute Gasteiger partial charge is 0.212 e. The predicted molar refractivity (Wildman–Crippen MR) is 105 cm³/mol. The Kier molecular flexibility index (Phi) is 5.26. The van der Waals surface area contributed by atoms with Crippen molar-refractivity contribution in [1.82, 2.24) is 4.72 Å². The molecular weight excluding hydrogens is 344 g/mol. The zero-order valence-electron chi connectivity index (χ0n) is 14.9. The molecule has 0 spiro atoms. The Labute approximate surface area is 155 Å². The summed E-state index contributed by atoms with van der Waals surface area (Å²) in [5, 5.41) is 8.60. The van der Waals surface area contributed by atoms with Gasteiger partial charge in [-0.1, -0.05) is 42.5 Å². The summed E-state index contributed by atoms with van der Waals surface area (Å²) < 4.78 is 27.2. The van der Waals surface area contributed by atoms with Crippen molar-refractivity contribution in [2.45, 2.75) is 38.0 Å². The number of allylic oxidation sites excluding steroid dienone is 1. The van der Waals surface area contributed by atoms with E-state index in [2.05, 4.69) is 16.9 Å². The molecule has 1 aliphatic carbocycles. The Morgan fingerprint density at radius 3 is 2.42 bits per heavy atom. The predicted octanol–water partition coefficient (Wildman–Crippen LogP) is 4.10. The van der Waals surface area contributed by atoms with Gasteiger partial charge in [-0.15, -0.1) is 0 Å². The van der Waals surface area contributed by atoms with E-state index in [-0.39, 0.29) is 6.04 Å². The maximum Gasteiger partial charge on any atom is 0.214 e. The van der Waals surface area contributed by atoms with E-state index in [1.54, 1.807) is 19.9 Å². The van der Waals surface area contributed by atoms with Crippen LogP contribution in [0, 0.1) is 11.3 Å². The molecule has 0 radical (unpaired) electrons. The summed E-state index contributed by atoms with van der Waals surface area (Å²) in [6.45, 7) is 3.37. The van der Waals surface area contributed by atoms with Gasteiger partial charge in [0.1, 0.15) is 0 Å². The van der Waals surface area contributed by atoms with Crippen LogP contribution in [0.2, 0.25) is 0 Å². The molecule has 0 bridgehead atoms. The maximum atomic E-state index is 12.2. The number of sulfonamides is 1. The van der Waals surface area contributed by atoms with Crippen LogP contribution in [0.4, 0.5) is 0 Å². The molecule has 0 saturated heterocycles. The second-order valence-corrected chi connectivity index (χ2v) is 9.04. The van der Waals surface area contributed by atoms with Crippen molar-refractivity contribution < 1.29 is 8.42 Å². The van der Waals surface area contributed by atoms with Crippen LogP contribution in [0.5, 0.6) is 0 Å². The number of hydrogen-bond donors (Lipinski definition) is 1. The highest BCUT2D eigenvalue weighted by atomic mass is 32.2. The molecular formula is C21H22N2O2S. The van der Waals surface area contributed by atoms with E-state index in [0.29, 0.717) is 5.56 Å². The average Bonchev–Trinajstić information content (AvgIpc) is 3.09. The lowest BCUT2D eigenvalue weighted by Gasteiger charge is -2.19. The monoisotopic (exact) mass is 366 g/mol. The minimum Gasteiger partial charge on any atom is -0.212 e. The maximum absolute atomic E-state index is 12.2. The van der Waals surface area contributed by atoms with Crippen molar-refractivity contribution in [3.05, 3.63) is 65.7 Å². The first kappa shape index (κ1) is 18.4. The number of hydrogen-bond acceptors (Lipinski definition) is 3. The fourth-order valence-corrected chi connectivity index (χ4v) is 4.02. The lowest BCUT2D eigenvalue weighted by atomic mass is 9.97. The molecule has 0 saturated carbocycles.